The summed E-state index contributed by atoms with van der Waals surface area (Å²) in [5.74, 6) is -0.869. The fourth-order valence-corrected chi connectivity index (χ4v) is 2.68. The molecule has 142 valence electrons. The zero-order valence-electron chi connectivity index (χ0n) is 15.3. The number of carbonyl (C=O) groups is 2. The summed E-state index contributed by atoms with van der Waals surface area (Å²) in [6, 6.07) is 21.2. The number of anilines is 2. The first kappa shape index (κ1) is 19.1. The summed E-state index contributed by atoms with van der Waals surface area (Å²) < 4.78 is 18.4. The lowest BCUT2D eigenvalue weighted by molar-refractivity contribution is 0.0600. The van der Waals surface area contributed by atoms with Crippen LogP contribution < -0.4 is 10.2 Å². The van der Waals surface area contributed by atoms with Crippen molar-refractivity contribution in [3.8, 4) is 0 Å². The number of hydrogen-bond donors (Lipinski definition) is 1. The number of para-hydroxylation sites is 1. The first-order chi connectivity index (χ1) is 13.6. The Hall–Kier alpha value is -3.67. The van der Waals surface area contributed by atoms with E-state index in [9.17, 15) is 14.0 Å². The van der Waals surface area contributed by atoms with E-state index in [1.54, 1.807) is 48.5 Å². The average Bonchev–Trinajstić information content (AvgIpc) is 2.72. The number of urea groups is 1. The van der Waals surface area contributed by atoms with Gasteiger partial charge in [-0.1, -0.05) is 36.4 Å². The number of benzene rings is 3. The maximum absolute atomic E-state index is 13.7. The Morgan fingerprint density at radius 1 is 0.964 bits per heavy atom. The highest BCUT2D eigenvalue weighted by Gasteiger charge is 2.17. The smallest absolute Gasteiger partial charge is 0.337 e. The highest BCUT2D eigenvalue weighted by atomic mass is 19.1. The standard InChI is InChI=1S/C22H19FN2O3/c1-28-21(26)17-12-10-16(11-13-17)15-25(20-9-5-6-18(23)14-20)22(27)24-19-7-3-2-4-8-19/h2-14H,15H2,1H3,(H,24,27). The molecule has 0 saturated heterocycles. The van der Waals surface area contributed by atoms with Gasteiger partial charge in [-0.2, -0.15) is 0 Å². The maximum Gasteiger partial charge on any atom is 0.337 e. The Labute approximate surface area is 162 Å². The van der Waals surface area contributed by atoms with Crippen LogP contribution in [-0.2, 0) is 11.3 Å². The van der Waals surface area contributed by atoms with Gasteiger partial charge >= 0.3 is 12.0 Å². The van der Waals surface area contributed by atoms with Crippen molar-refractivity contribution >= 4 is 23.4 Å². The second-order valence-electron chi connectivity index (χ2n) is 6.05. The van der Waals surface area contributed by atoms with Crippen molar-refractivity contribution in [2.24, 2.45) is 0 Å². The van der Waals surface area contributed by atoms with E-state index in [0.717, 1.165) is 5.56 Å². The molecule has 3 aromatic carbocycles. The largest absolute Gasteiger partial charge is 0.465 e. The SMILES string of the molecule is COC(=O)c1ccc(CN(C(=O)Nc2ccccc2)c2cccc(F)c2)cc1. The Kier molecular flexibility index (Phi) is 6.01. The third-order valence-electron chi connectivity index (χ3n) is 4.11. The van der Waals surface area contributed by atoms with E-state index in [4.69, 9.17) is 0 Å². The van der Waals surface area contributed by atoms with Crippen molar-refractivity contribution < 1.29 is 18.7 Å². The zero-order valence-corrected chi connectivity index (χ0v) is 15.3. The number of nitrogens with one attached hydrogen (secondary N) is 1. The van der Waals surface area contributed by atoms with E-state index in [0.29, 0.717) is 16.9 Å². The van der Waals surface area contributed by atoms with Crippen LogP contribution in [0, 0.1) is 5.82 Å². The summed E-state index contributed by atoms with van der Waals surface area (Å²) >= 11 is 0. The van der Waals surface area contributed by atoms with Crippen LogP contribution in [0.1, 0.15) is 15.9 Å². The fraction of sp³-hybridized carbons (Fsp3) is 0.0909. The van der Waals surface area contributed by atoms with Gasteiger partial charge in [-0.3, -0.25) is 4.90 Å². The summed E-state index contributed by atoms with van der Waals surface area (Å²) in [5.41, 5.74) is 2.25. The predicted octanol–water partition coefficient (Wildman–Crippen LogP) is 4.85. The third kappa shape index (κ3) is 4.73. The summed E-state index contributed by atoms with van der Waals surface area (Å²) in [4.78, 5) is 25.9. The van der Waals surface area contributed by atoms with Crippen LogP contribution in [0.25, 0.3) is 0 Å². The summed E-state index contributed by atoms with van der Waals surface area (Å²) in [7, 11) is 1.32. The summed E-state index contributed by atoms with van der Waals surface area (Å²) in [6.07, 6.45) is 0. The van der Waals surface area contributed by atoms with Gasteiger partial charge in [0.15, 0.2) is 0 Å². The number of carbonyl (C=O) groups excluding carboxylic acids is 2. The Morgan fingerprint density at radius 3 is 2.32 bits per heavy atom. The molecule has 0 aliphatic heterocycles. The van der Waals surface area contributed by atoms with Crippen molar-refractivity contribution in [1.82, 2.24) is 0 Å². The van der Waals surface area contributed by atoms with Crippen LogP contribution >= 0.6 is 0 Å². The van der Waals surface area contributed by atoms with Gasteiger partial charge in [0.2, 0.25) is 0 Å². The molecule has 0 heterocycles. The molecule has 3 rings (SSSR count). The van der Waals surface area contributed by atoms with Crippen molar-refractivity contribution in [3.63, 3.8) is 0 Å². The van der Waals surface area contributed by atoms with Gasteiger partial charge in [0.05, 0.1) is 19.2 Å². The van der Waals surface area contributed by atoms with Crippen molar-refractivity contribution in [2.45, 2.75) is 6.54 Å². The van der Waals surface area contributed by atoms with Crippen LogP contribution in [0.2, 0.25) is 0 Å². The molecule has 28 heavy (non-hydrogen) atoms. The number of halogens is 1. The fourth-order valence-electron chi connectivity index (χ4n) is 2.68. The second kappa shape index (κ2) is 8.81. The monoisotopic (exact) mass is 378 g/mol. The highest BCUT2D eigenvalue weighted by Crippen LogP contribution is 2.21. The number of ether oxygens (including phenoxy) is 1. The first-order valence-electron chi connectivity index (χ1n) is 8.63. The van der Waals surface area contributed by atoms with Crippen LogP contribution in [0.3, 0.4) is 0 Å². The number of esters is 1. The molecule has 0 fully saturated rings. The Morgan fingerprint density at radius 2 is 1.68 bits per heavy atom. The van der Waals surface area contributed by atoms with Crippen molar-refractivity contribution in [3.05, 3.63) is 95.8 Å². The zero-order chi connectivity index (χ0) is 19.9. The molecule has 3 aromatic rings. The summed E-state index contributed by atoms with van der Waals surface area (Å²) in [5, 5.41) is 2.81. The van der Waals surface area contributed by atoms with Gasteiger partial charge in [-0.05, 0) is 48.0 Å². The average molecular weight is 378 g/mol. The molecule has 0 bridgehead atoms. The Balaban J connectivity index is 1.86. The van der Waals surface area contributed by atoms with Gasteiger partial charge in [0, 0.05) is 11.4 Å². The molecule has 0 saturated carbocycles. The van der Waals surface area contributed by atoms with Gasteiger partial charge < -0.3 is 10.1 Å². The lowest BCUT2D eigenvalue weighted by atomic mass is 10.1. The minimum Gasteiger partial charge on any atom is -0.465 e. The molecule has 0 aromatic heterocycles. The second-order valence-corrected chi connectivity index (χ2v) is 6.05. The van der Waals surface area contributed by atoms with E-state index >= 15 is 0 Å². The quantitative estimate of drug-likeness (QED) is 0.646. The van der Waals surface area contributed by atoms with E-state index in [1.807, 2.05) is 18.2 Å². The minimum atomic E-state index is -0.435. The number of nitrogens with zero attached hydrogens (tertiary/aromatic N) is 1. The first-order valence-corrected chi connectivity index (χ1v) is 8.63. The van der Waals surface area contributed by atoms with Crippen LogP contribution in [-0.4, -0.2) is 19.1 Å². The van der Waals surface area contributed by atoms with Gasteiger partial charge in [0.25, 0.3) is 0 Å². The molecule has 1 N–H and O–H groups in total. The molecule has 0 aliphatic rings. The molecule has 6 heteroatoms. The third-order valence-corrected chi connectivity index (χ3v) is 4.11. The summed E-state index contributed by atoms with van der Waals surface area (Å²) in [6.45, 7) is 0.198. The molecule has 0 aliphatic carbocycles. The lowest BCUT2D eigenvalue weighted by Crippen LogP contribution is -2.34. The predicted molar refractivity (Wildman–Crippen MR) is 106 cm³/mol. The molecule has 2 amide bonds. The number of methoxy groups -OCH3 is 1. The minimum absolute atomic E-state index is 0.198. The van der Waals surface area contributed by atoms with Gasteiger partial charge in [0.1, 0.15) is 5.82 Å². The molecular formula is C22H19FN2O3. The molecule has 0 radical (unpaired) electrons. The van der Waals surface area contributed by atoms with Crippen LogP contribution in [0.5, 0.6) is 0 Å². The maximum atomic E-state index is 13.7. The van der Waals surface area contributed by atoms with E-state index in [2.05, 4.69) is 10.1 Å². The molecular weight excluding hydrogens is 359 g/mol. The lowest BCUT2D eigenvalue weighted by Gasteiger charge is -2.23. The molecule has 5 nitrogen and oxygen atoms in total. The number of rotatable bonds is 5. The normalized spacial score (nSPS) is 10.2. The number of hydrogen-bond acceptors (Lipinski definition) is 3. The van der Waals surface area contributed by atoms with Crippen LogP contribution in [0.15, 0.2) is 78.9 Å². The molecule has 0 unspecified atom stereocenters. The highest BCUT2D eigenvalue weighted by molar-refractivity contribution is 6.01. The molecule has 0 atom stereocenters. The van der Waals surface area contributed by atoms with Crippen molar-refractivity contribution in [2.75, 3.05) is 17.3 Å². The van der Waals surface area contributed by atoms with Crippen LogP contribution in [0.4, 0.5) is 20.6 Å². The molecule has 0 spiro atoms. The van der Waals surface area contributed by atoms with Gasteiger partial charge in [-0.15, -0.1) is 0 Å². The Bertz CT molecular complexity index is 959. The van der Waals surface area contributed by atoms with Gasteiger partial charge in [-0.25, -0.2) is 14.0 Å². The van der Waals surface area contributed by atoms with E-state index in [-0.39, 0.29) is 6.54 Å². The van der Waals surface area contributed by atoms with E-state index < -0.39 is 17.8 Å². The van der Waals surface area contributed by atoms with E-state index in [1.165, 1.54) is 24.1 Å². The topological polar surface area (TPSA) is 58.6 Å². The van der Waals surface area contributed by atoms with Crippen molar-refractivity contribution in [1.29, 1.82) is 0 Å². The number of amides is 2.